The third kappa shape index (κ3) is 2.38. The Labute approximate surface area is 137 Å². The number of nitrogens with zero attached hydrogens (tertiary/aromatic N) is 1. The van der Waals surface area contributed by atoms with Crippen molar-refractivity contribution in [2.24, 2.45) is 0 Å². The van der Waals surface area contributed by atoms with Gasteiger partial charge in [0.1, 0.15) is 0 Å². The second kappa shape index (κ2) is 5.38. The van der Waals surface area contributed by atoms with Crippen molar-refractivity contribution in [3.8, 4) is 11.3 Å². The number of aryl methyl sites for hydroxylation is 3. The molecule has 0 saturated carbocycles. The first-order valence-corrected chi connectivity index (χ1v) is 7.98. The average Bonchev–Trinajstić information content (AvgIpc) is 2.80. The molecule has 0 spiro atoms. The molecule has 0 bridgehead atoms. The highest BCUT2D eigenvalue weighted by molar-refractivity contribution is 7.12. The molecule has 22 heavy (non-hydrogen) atoms. The smallest absolute Gasteiger partial charge is 0.336 e. The van der Waals surface area contributed by atoms with Gasteiger partial charge in [-0.25, -0.2) is 9.78 Å². The van der Waals surface area contributed by atoms with Gasteiger partial charge in [-0.05, 0) is 44.5 Å². The summed E-state index contributed by atoms with van der Waals surface area (Å²) >= 11 is 7.85. The zero-order valence-electron chi connectivity index (χ0n) is 12.4. The Hall–Kier alpha value is -1.91. The Morgan fingerprint density at radius 2 is 1.95 bits per heavy atom. The van der Waals surface area contributed by atoms with E-state index in [1.807, 2.05) is 26.8 Å². The first kappa shape index (κ1) is 15.0. The standard InChI is InChI=1S/C17H14ClNO2S/c1-8-6-12(10(3)22-8)15-7-13(17(20)21)11-4-5-14(18)9(2)16(11)19-15/h4-7H,1-3H3,(H,20,21). The number of fused-ring (bicyclic) bond motifs is 1. The molecule has 3 rings (SSSR count). The van der Waals surface area contributed by atoms with Crippen molar-refractivity contribution in [2.45, 2.75) is 20.8 Å². The predicted octanol–water partition coefficient (Wildman–Crippen LogP) is 5.24. The lowest BCUT2D eigenvalue weighted by Gasteiger charge is -2.10. The van der Waals surface area contributed by atoms with E-state index in [-0.39, 0.29) is 5.56 Å². The van der Waals surface area contributed by atoms with E-state index in [9.17, 15) is 9.90 Å². The van der Waals surface area contributed by atoms with Gasteiger partial charge >= 0.3 is 5.97 Å². The van der Waals surface area contributed by atoms with E-state index in [2.05, 4.69) is 4.98 Å². The van der Waals surface area contributed by atoms with Crippen LogP contribution in [0.2, 0.25) is 5.02 Å². The molecule has 112 valence electrons. The molecule has 1 aromatic carbocycles. The zero-order chi connectivity index (χ0) is 16.0. The third-order valence-corrected chi connectivity index (χ3v) is 5.09. The number of hydrogen-bond acceptors (Lipinski definition) is 3. The predicted molar refractivity (Wildman–Crippen MR) is 91.2 cm³/mol. The largest absolute Gasteiger partial charge is 0.478 e. The number of hydrogen-bond donors (Lipinski definition) is 1. The minimum Gasteiger partial charge on any atom is -0.478 e. The third-order valence-electron chi connectivity index (χ3n) is 3.72. The molecular formula is C17H14ClNO2S. The highest BCUT2D eigenvalue weighted by atomic mass is 35.5. The number of rotatable bonds is 2. The van der Waals surface area contributed by atoms with Gasteiger partial charge in [0.05, 0.1) is 16.8 Å². The highest BCUT2D eigenvalue weighted by Gasteiger charge is 2.17. The van der Waals surface area contributed by atoms with Crippen molar-refractivity contribution >= 4 is 39.8 Å². The van der Waals surface area contributed by atoms with Crippen LogP contribution < -0.4 is 0 Å². The van der Waals surface area contributed by atoms with E-state index in [4.69, 9.17) is 11.6 Å². The maximum Gasteiger partial charge on any atom is 0.336 e. The summed E-state index contributed by atoms with van der Waals surface area (Å²) in [5.41, 5.74) is 3.35. The van der Waals surface area contributed by atoms with Crippen LogP contribution in [0.3, 0.4) is 0 Å². The lowest BCUT2D eigenvalue weighted by molar-refractivity contribution is 0.0699. The van der Waals surface area contributed by atoms with Crippen LogP contribution in [0, 0.1) is 20.8 Å². The molecule has 2 aromatic heterocycles. The molecule has 0 radical (unpaired) electrons. The molecule has 3 aromatic rings. The maximum atomic E-state index is 11.6. The van der Waals surface area contributed by atoms with Crippen LogP contribution in [0.5, 0.6) is 0 Å². The van der Waals surface area contributed by atoms with E-state index >= 15 is 0 Å². The average molecular weight is 332 g/mol. The van der Waals surface area contributed by atoms with Gasteiger partial charge in [0.25, 0.3) is 0 Å². The molecule has 1 N–H and O–H groups in total. The summed E-state index contributed by atoms with van der Waals surface area (Å²) in [4.78, 5) is 18.6. The summed E-state index contributed by atoms with van der Waals surface area (Å²) < 4.78 is 0. The minimum atomic E-state index is -0.958. The summed E-state index contributed by atoms with van der Waals surface area (Å²) in [5.74, 6) is -0.958. The Morgan fingerprint density at radius 3 is 2.55 bits per heavy atom. The van der Waals surface area contributed by atoms with Gasteiger partial charge in [-0.15, -0.1) is 11.3 Å². The summed E-state index contributed by atoms with van der Waals surface area (Å²) in [6.45, 7) is 5.91. The topological polar surface area (TPSA) is 50.2 Å². The van der Waals surface area contributed by atoms with Crippen molar-refractivity contribution in [1.82, 2.24) is 4.98 Å². The molecular weight excluding hydrogens is 318 g/mol. The van der Waals surface area contributed by atoms with Crippen molar-refractivity contribution < 1.29 is 9.90 Å². The second-order valence-electron chi connectivity index (χ2n) is 5.26. The SMILES string of the molecule is Cc1cc(-c2cc(C(=O)O)c3ccc(Cl)c(C)c3n2)c(C)s1. The number of aromatic carboxylic acids is 1. The summed E-state index contributed by atoms with van der Waals surface area (Å²) in [5, 5.41) is 10.7. The molecule has 0 atom stereocenters. The van der Waals surface area contributed by atoms with Gasteiger partial charge in [0.2, 0.25) is 0 Å². The van der Waals surface area contributed by atoms with Crippen LogP contribution in [-0.2, 0) is 0 Å². The number of carboxylic acids is 1. The van der Waals surface area contributed by atoms with Crippen LogP contribution in [0.15, 0.2) is 24.3 Å². The van der Waals surface area contributed by atoms with Gasteiger partial charge in [0.15, 0.2) is 0 Å². The van der Waals surface area contributed by atoms with Crippen molar-refractivity contribution in [3.05, 3.63) is 50.2 Å². The quantitative estimate of drug-likeness (QED) is 0.698. The fraction of sp³-hybridized carbons (Fsp3) is 0.176. The van der Waals surface area contributed by atoms with Crippen LogP contribution in [-0.4, -0.2) is 16.1 Å². The second-order valence-corrected chi connectivity index (χ2v) is 7.12. The Balaban J connectivity index is 2.40. The zero-order valence-corrected chi connectivity index (χ0v) is 14.0. The van der Waals surface area contributed by atoms with Gasteiger partial charge < -0.3 is 5.11 Å². The number of benzene rings is 1. The number of halogens is 1. The number of carbonyl (C=O) groups is 1. The van der Waals surface area contributed by atoms with E-state index in [0.29, 0.717) is 21.6 Å². The molecule has 5 heteroatoms. The van der Waals surface area contributed by atoms with Crippen molar-refractivity contribution in [2.75, 3.05) is 0 Å². The molecule has 0 aliphatic heterocycles. The van der Waals surface area contributed by atoms with E-state index in [1.165, 1.54) is 4.88 Å². The van der Waals surface area contributed by atoms with Gasteiger partial charge in [-0.2, -0.15) is 0 Å². The molecule has 0 saturated heterocycles. The first-order valence-electron chi connectivity index (χ1n) is 6.79. The molecule has 3 nitrogen and oxygen atoms in total. The van der Waals surface area contributed by atoms with E-state index in [0.717, 1.165) is 16.0 Å². The van der Waals surface area contributed by atoms with E-state index < -0.39 is 5.97 Å². The lowest BCUT2D eigenvalue weighted by atomic mass is 10.0. The van der Waals surface area contributed by atoms with Crippen molar-refractivity contribution in [1.29, 1.82) is 0 Å². The number of pyridine rings is 1. The van der Waals surface area contributed by atoms with E-state index in [1.54, 1.807) is 29.5 Å². The molecule has 0 aliphatic rings. The minimum absolute atomic E-state index is 0.253. The van der Waals surface area contributed by atoms with Crippen LogP contribution in [0.4, 0.5) is 0 Å². The fourth-order valence-corrected chi connectivity index (χ4v) is 3.69. The lowest BCUT2D eigenvalue weighted by Crippen LogP contribution is -2.01. The van der Waals surface area contributed by atoms with Gasteiger partial charge in [-0.1, -0.05) is 17.7 Å². The van der Waals surface area contributed by atoms with Crippen LogP contribution >= 0.6 is 22.9 Å². The van der Waals surface area contributed by atoms with Gasteiger partial charge in [0, 0.05) is 25.7 Å². The molecule has 2 heterocycles. The summed E-state index contributed by atoms with van der Waals surface area (Å²) in [6, 6.07) is 7.12. The van der Waals surface area contributed by atoms with Gasteiger partial charge in [-0.3, -0.25) is 0 Å². The fourth-order valence-electron chi connectivity index (χ4n) is 2.60. The Kier molecular flexibility index (Phi) is 3.67. The number of carboxylic acid groups (broad SMARTS) is 1. The molecule has 0 fully saturated rings. The normalized spacial score (nSPS) is 11.1. The number of thiophene rings is 1. The Bertz CT molecular complexity index is 915. The van der Waals surface area contributed by atoms with Crippen molar-refractivity contribution in [3.63, 3.8) is 0 Å². The first-order chi connectivity index (χ1) is 10.4. The maximum absolute atomic E-state index is 11.6. The summed E-state index contributed by atoms with van der Waals surface area (Å²) in [7, 11) is 0. The monoisotopic (exact) mass is 331 g/mol. The van der Waals surface area contributed by atoms with Crippen LogP contribution in [0.1, 0.15) is 25.7 Å². The molecule has 0 unspecified atom stereocenters. The number of aromatic nitrogens is 1. The Morgan fingerprint density at radius 1 is 1.23 bits per heavy atom. The highest BCUT2D eigenvalue weighted by Crippen LogP contribution is 2.34. The summed E-state index contributed by atoms with van der Waals surface area (Å²) in [6.07, 6.45) is 0. The van der Waals surface area contributed by atoms with Crippen LogP contribution in [0.25, 0.3) is 22.2 Å². The molecule has 0 aliphatic carbocycles. The molecule has 0 amide bonds.